The zero-order chi connectivity index (χ0) is 26.0. The lowest BCUT2D eigenvalue weighted by molar-refractivity contribution is -0.124. The number of carbonyl (C=O) groups excluding carboxylic acids is 1. The lowest BCUT2D eigenvalue weighted by Gasteiger charge is -2.20. The van der Waals surface area contributed by atoms with Crippen LogP contribution in [0.25, 0.3) is 0 Å². The number of aliphatic hydroxyl groups is 3. The molecule has 0 aromatic carbocycles. The minimum absolute atomic E-state index is 0.0943. The quantitative estimate of drug-likeness (QED) is 0.0909. The van der Waals surface area contributed by atoms with Crippen molar-refractivity contribution in [2.24, 2.45) is 0 Å². The van der Waals surface area contributed by atoms with Crippen molar-refractivity contribution < 1.29 is 20.1 Å². The summed E-state index contributed by atoms with van der Waals surface area (Å²) in [6.07, 6.45) is 28.5. The Morgan fingerprint density at radius 2 is 1.26 bits per heavy atom. The highest BCUT2D eigenvalue weighted by molar-refractivity contribution is 5.77. The second-order valence-electron chi connectivity index (χ2n) is 9.65. The summed E-state index contributed by atoms with van der Waals surface area (Å²) in [5.74, 6) is -0.389. The molecule has 0 aliphatic carbocycles. The van der Waals surface area contributed by atoms with Gasteiger partial charge in [-0.15, -0.1) is 0 Å². The van der Waals surface area contributed by atoms with E-state index in [1.807, 2.05) is 12.2 Å². The molecular formula is C30H55NO4. The number of aliphatic hydroxyl groups excluding tert-OH is 3. The molecule has 1 amide bonds. The first-order valence-corrected chi connectivity index (χ1v) is 14.3. The van der Waals surface area contributed by atoms with Gasteiger partial charge in [0.2, 0.25) is 5.91 Å². The fourth-order valence-electron chi connectivity index (χ4n) is 3.92. The molecule has 0 aliphatic heterocycles. The molecule has 0 spiro atoms. The van der Waals surface area contributed by atoms with Gasteiger partial charge < -0.3 is 20.6 Å². The highest BCUT2D eigenvalue weighted by Gasteiger charge is 2.19. The number of rotatable bonds is 24. The van der Waals surface area contributed by atoms with E-state index in [9.17, 15) is 20.1 Å². The van der Waals surface area contributed by atoms with Crippen LogP contribution in [-0.4, -0.2) is 46.1 Å². The zero-order valence-electron chi connectivity index (χ0n) is 22.7. The molecule has 0 fully saturated rings. The van der Waals surface area contributed by atoms with Gasteiger partial charge in [0, 0.05) is 0 Å². The lowest BCUT2D eigenvalue weighted by atomic mass is 10.1. The smallest absolute Gasteiger partial charge is 0.223 e. The summed E-state index contributed by atoms with van der Waals surface area (Å²) >= 11 is 0. The van der Waals surface area contributed by atoms with E-state index < -0.39 is 18.2 Å². The average Bonchev–Trinajstić information content (AvgIpc) is 2.84. The molecular weight excluding hydrogens is 438 g/mol. The fraction of sp³-hybridized carbons (Fsp3) is 0.767. The first-order chi connectivity index (χ1) is 17.0. The lowest BCUT2D eigenvalue weighted by Crippen LogP contribution is -2.45. The summed E-state index contributed by atoms with van der Waals surface area (Å²) in [4.78, 5) is 12.2. The molecule has 204 valence electrons. The van der Waals surface area contributed by atoms with E-state index in [0.717, 1.165) is 25.7 Å². The van der Waals surface area contributed by atoms with E-state index in [1.165, 1.54) is 77.0 Å². The van der Waals surface area contributed by atoms with Gasteiger partial charge in [0.25, 0.3) is 0 Å². The van der Waals surface area contributed by atoms with Gasteiger partial charge in [0.1, 0.15) is 0 Å². The predicted molar refractivity (Wildman–Crippen MR) is 148 cm³/mol. The van der Waals surface area contributed by atoms with Crippen LogP contribution in [0.4, 0.5) is 0 Å². The number of allylic oxidation sites excluding steroid dienone is 4. The molecule has 3 atom stereocenters. The second kappa shape index (κ2) is 25.7. The average molecular weight is 494 g/mol. The third kappa shape index (κ3) is 22.8. The third-order valence-electron chi connectivity index (χ3n) is 6.18. The highest BCUT2D eigenvalue weighted by Crippen LogP contribution is 2.10. The topological polar surface area (TPSA) is 89.8 Å². The van der Waals surface area contributed by atoms with Crippen LogP contribution < -0.4 is 5.32 Å². The van der Waals surface area contributed by atoms with E-state index in [-0.39, 0.29) is 18.9 Å². The SMILES string of the molecule is CCCCCCCC/C=C\C/C=C\C(O)CC(=O)NC(CO)C(O)/C=C/CCCCCCCCC. The number of nitrogens with one attached hydrogen (secondary N) is 1. The van der Waals surface area contributed by atoms with E-state index in [0.29, 0.717) is 0 Å². The van der Waals surface area contributed by atoms with Crippen molar-refractivity contribution in [1.29, 1.82) is 0 Å². The maximum absolute atomic E-state index is 12.2. The van der Waals surface area contributed by atoms with Crippen LogP contribution in [0.1, 0.15) is 123 Å². The number of carbonyl (C=O) groups is 1. The molecule has 0 saturated heterocycles. The van der Waals surface area contributed by atoms with Gasteiger partial charge in [-0.1, -0.05) is 121 Å². The van der Waals surface area contributed by atoms with Crippen molar-refractivity contribution in [2.45, 2.75) is 141 Å². The molecule has 0 aromatic heterocycles. The van der Waals surface area contributed by atoms with Gasteiger partial charge in [-0.3, -0.25) is 4.79 Å². The van der Waals surface area contributed by atoms with E-state index in [2.05, 4.69) is 31.3 Å². The van der Waals surface area contributed by atoms with Gasteiger partial charge in [0.15, 0.2) is 0 Å². The normalized spacial score (nSPS) is 14.8. The van der Waals surface area contributed by atoms with E-state index >= 15 is 0 Å². The molecule has 0 bridgehead atoms. The Morgan fingerprint density at radius 3 is 1.83 bits per heavy atom. The largest absolute Gasteiger partial charge is 0.394 e. The number of hydrogen-bond donors (Lipinski definition) is 4. The van der Waals surface area contributed by atoms with Crippen molar-refractivity contribution in [1.82, 2.24) is 5.32 Å². The Kier molecular flexibility index (Phi) is 24.6. The van der Waals surface area contributed by atoms with Crippen LogP contribution in [0.2, 0.25) is 0 Å². The maximum atomic E-state index is 12.2. The Hall–Kier alpha value is -1.43. The summed E-state index contributed by atoms with van der Waals surface area (Å²) in [6, 6.07) is -0.770. The molecule has 0 saturated carbocycles. The fourth-order valence-corrected chi connectivity index (χ4v) is 3.92. The van der Waals surface area contributed by atoms with Crippen LogP contribution >= 0.6 is 0 Å². The molecule has 0 aliphatic rings. The van der Waals surface area contributed by atoms with Crippen molar-refractivity contribution in [3.05, 3.63) is 36.5 Å². The Balaban J connectivity index is 4.00. The summed E-state index contributed by atoms with van der Waals surface area (Å²) < 4.78 is 0. The van der Waals surface area contributed by atoms with Crippen molar-refractivity contribution in [3.63, 3.8) is 0 Å². The monoisotopic (exact) mass is 493 g/mol. The first-order valence-electron chi connectivity index (χ1n) is 14.3. The van der Waals surface area contributed by atoms with E-state index in [4.69, 9.17) is 0 Å². The van der Waals surface area contributed by atoms with Gasteiger partial charge >= 0.3 is 0 Å². The Labute approximate surface area is 215 Å². The number of amides is 1. The number of unbranched alkanes of at least 4 members (excludes halogenated alkanes) is 13. The Morgan fingerprint density at radius 1 is 0.714 bits per heavy atom. The third-order valence-corrected chi connectivity index (χ3v) is 6.18. The Bertz CT molecular complexity index is 559. The van der Waals surface area contributed by atoms with Crippen LogP contribution in [0.3, 0.4) is 0 Å². The molecule has 0 aromatic rings. The summed E-state index contributed by atoms with van der Waals surface area (Å²) in [6.45, 7) is 4.09. The standard InChI is InChI=1S/C30H55NO4/c1-3-5-7-9-11-13-14-16-17-19-21-23-27(33)25-30(35)31-28(26-32)29(34)24-22-20-18-15-12-10-8-6-4-2/h16-17,21-24,27-29,32-34H,3-15,18-20,25-26H2,1-2H3,(H,31,35)/b17-16-,23-21-,24-22+. The first kappa shape index (κ1) is 33.6. The number of hydrogen-bond acceptors (Lipinski definition) is 4. The van der Waals surface area contributed by atoms with Crippen LogP contribution in [0, 0.1) is 0 Å². The molecule has 35 heavy (non-hydrogen) atoms. The molecule has 5 heteroatoms. The van der Waals surface area contributed by atoms with Crippen molar-refractivity contribution in [2.75, 3.05) is 6.61 Å². The van der Waals surface area contributed by atoms with Crippen LogP contribution in [-0.2, 0) is 4.79 Å². The summed E-state index contributed by atoms with van der Waals surface area (Å²) in [7, 11) is 0. The minimum Gasteiger partial charge on any atom is -0.394 e. The molecule has 3 unspecified atom stereocenters. The van der Waals surface area contributed by atoms with E-state index in [1.54, 1.807) is 12.2 Å². The molecule has 0 rings (SSSR count). The minimum atomic E-state index is -0.946. The zero-order valence-corrected chi connectivity index (χ0v) is 22.7. The predicted octanol–water partition coefficient (Wildman–Crippen LogP) is 6.53. The highest BCUT2D eigenvalue weighted by atomic mass is 16.3. The second-order valence-corrected chi connectivity index (χ2v) is 9.65. The molecule has 0 radical (unpaired) electrons. The van der Waals surface area contributed by atoms with Gasteiger partial charge in [-0.25, -0.2) is 0 Å². The van der Waals surface area contributed by atoms with Gasteiger partial charge in [-0.05, 0) is 32.1 Å². The molecule has 0 heterocycles. The van der Waals surface area contributed by atoms with Crippen molar-refractivity contribution in [3.8, 4) is 0 Å². The van der Waals surface area contributed by atoms with Crippen LogP contribution in [0.15, 0.2) is 36.5 Å². The molecule has 4 N–H and O–H groups in total. The maximum Gasteiger partial charge on any atom is 0.223 e. The van der Waals surface area contributed by atoms with Crippen LogP contribution in [0.5, 0.6) is 0 Å². The van der Waals surface area contributed by atoms with Gasteiger partial charge in [0.05, 0.1) is 31.3 Å². The summed E-state index contributed by atoms with van der Waals surface area (Å²) in [5, 5.41) is 32.5. The van der Waals surface area contributed by atoms with Crippen molar-refractivity contribution >= 4 is 5.91 Å². The summed E-state index contributed by atoms with van der Waals surface area (Å²) in [5.41, 5.74) is 0. The van der Waals surface area contributed by atoms with Gasteiger partial charge in [-0.2, -0.15) is 0 Å². The molecule has 5 nitrogen and oxygen atoms in total.